The lowest BCUT2D eigenvalue weighted by Crippen LogP contribution is -2.46. The molecule has 1 aliphatic heterocycles. The van der Waals surface area contributed by atoms with E-state index in [1.165, 1.54) is 5.56 Å². The molecule has 0 saturated carbocycles. The van der Waals surface area contributed by atoms with Crippen LogP contribution in [0.5, 0.6) is 0 Å². The van der Waals surface area contributed by atoms with Crippen molar-refractivity contribution >= 4 is 18.2 Å². The van der Waals surface area contributed by atoms with Gasteiger partial charge in [0, 0.05) is 12.1 Å². The average molecular weight is 302 g/mol. The van der Waals surface area contributed by atoms with E-state index in [9.17, 15) is 14.4 Å². The Morgan fingerprint density at radius 3 is 2.77 bits per heavy atom. The normalized spacial score (nSPS) is 14.6. The monoisotopic (exact) mass is 302 g/mol. The number of imide groups is 1. The number of hydrogen-bond acceptors (Lipinski definition) is 3. The molecule has 1 atom stereocenters. The second-order valence-corrected chi connectivity index (χ2v) is 5.61. The maximum atomic E-state index is 12.5. The summed E-state index contributed by atoms with van der Waals surface area (Å²) in [5.74, 6) is -0.538. The van der Waals surface area contributed by atoms with Crippen molar-refractivity contribution in [1.82, 2.24) is 10.2 Å². The van der Waals surface area contributed by atoms with Crippen molar-refractivity contribution in [2.24, 2.45) is 0 Å². The summed E-state index contributed by atoms with van der Waals surface area (Å²) >= 11 is 0. The predicted octanol–water partition coefficient (Wildman–Crippen LogP) is 2.04. The van der Waals surface area contributed by atoms with Gasteiger partial charge in [-0.2, -0.15) is 0 Å². The number of aryl methyl sites for hydroxylation is 1. The summed E-state index contributed by atoms with van der Waals surface area (Å²) in [6.45, 7) is 4.50. The van der Waals surface area contributed by atoms with Gasteiger partial charge in [0.05, 0.1) is 0 Å². The number of hydrogen-bond donors (Lipinski definition) is 1. The smallest absolute Gasteiger partial charge is 0.255 e. The third-order valence-electron chi connectivity index (χ3n) is 3.98. The van der Waals surface area contributed by atoms with Gasteiger partial charge < -0.3 is 4.90 Å². The first-order valence-corrected chi connectivity index (χ1v) is 7.79. The van der Waals surface area contributed by atoms with Crippen LogP contribution in [0.3, 0.4) is 0 Å². The van der Waals surface area contributed by atoms with Gasteiger partial charge >= 0.3 is 0 Å². The van der Waals surface area contributed by atoms with Gasteiger partial charge in [-0.25, -0.2) is 0 Å². The minimum atomic E-state index is -0.593. The molecule has 0 aromatic heterocycles. The minimum absolute atomic E-state index is 0.127. The molecule has 1 unspecified atom stereocenters. The van der Waals surface area contributed by atoms with Crippen LogP contribution in [-0.4, -0.2) is 29.2 Å². The summed E-state index contributed by atoms with van der Waals surface area (Å²) in [7, 11) is 0. The Kier molecular flexibility index (Phi) is 5.31. The Labute approximate surface area is 130 Å². The Hall–Kier alpha value is -2.17. The second-order valence-electron chi connectivity index (χ2n) is 5.61. The fraction of sp³-hybridized carbons (Fsp3) is 0.471. The Morgan fingerprint density at radius 2 is 2.14 bits per heavy atom. The van der Waals surface area contributed by atoms with Crippen LogP contribution in [0.15, 0.2) is 18.2 Å². The number of nitrogens with one attached hydrogen (secondary N) is 1. The summed E-state index contributed by atoms with van der Waals surface area (Å²) < 4.78 is 0. The number of carbonyl (C=O) groups is 3. The van der Waals surface area contributed by atoms with Crippen molar-refractivity contribution in [3.63, 3.8) is 0 Å². The highest BCUT2D eigenvalue weighted by molar-refractivity contribution is 6.02. The third-order valence-corrected chi connectivity index (χ3v) is 3.98. The van der Waals surface area contributed by atoms with Crippen molar-refractivity contribution < 1.29 is 14.4 Å². The highest BCUT2D eigenvalue weighted by atomic mass is 16.2. The van der Waals surface area contributed by atoms with Crippen molar-refractivity contribution in [2.75, 3.05) is 0 Å². The summed E-state index contributed by atoms with van der Waals surface area (Å²) in [6.07, 6.45) is 3.71. The molecule has 1 aliphatic rings. The first kappa shape index (κ1) is 16.2. The van der Waals surface area contributed by atoms with Crippen LogP contribution in [0.4, 0.5) is 0 Å². The van der Waals surface area contributed by atoms with Crippen LogP contribution in [0, 0.1) is 0 Å². The van der Waals surface area contributed by atoms with Crippen LogP contribution in [0.1, 0.15) is 54.6 Å². The number of carbonyl (C=O) groups excluding carboxylic acids is 3. The molecule has 2 rings (SSSR count). The van der Waals surface area contributed by atoms with Crippen molar-refractivity contribution in [2.45, 2.75) is 52.1 Å². The van der Waals surface area contributed by atoms with E-state index in [1.807, 2.05) is 19.1 Å². The van der Waals surface area contributed by atoms with Crippen LogP contribution < -0.4 is 5.32 Å². The van der Waals surface area contributed by atoms with E-state index >= 15 is 0 Å². The quantitative estimate of drug-likeness (QED) is 0.784. The molecule has 0 spiro atoms. The fourth-order valence-corrected chi connectivity index (χ4v) is 2.95. The molecule has 5 heteroatoms. The van der Waals surface area contributed by atoms with E-state index in [4.69, 9.17) is 0 Å². The second kappa shape index (κ2) is 7.20. The van der Waals surface area contributed by atoms with E-state index in [-0.39, 0.29) is 5.91 Å². The molecule has 0 fully saturated rings. The van der Waals surface area contributed by atoms with Crippen molar-refractivity contribution in [3.05, 3.63) is 34.9 Å². The van der Waals surface area contributed by atoms with Crippen LogP contribution in [-0.2, 0) is 22.6 Å². The first-order chi connectivity index (χ1) is 10.6. The Balaban J connectivity index is 2.24. The topological polar surface area (TPSA) is 66.5 Å². The van der Waals surface area contributed by atoms with Gasteiger partial charge in [-0.1, -0.05) is 38.8 Å². The molecule has 118 valence electrons. The van der Waals surface area contributed by atoms with Gasteiger partial charge in [0.2, 0.25) is 12.3 Å². The van der Waals surface area contributed by atoms with Crippen molar-refractivity contribution in [3.8, 4) is 0 Å². The average Bonchev–Trinajstić information content (AvgIpc) is 2.82. The molecule has 1 aromatic rings. The maximum Gasteiger partial charge on any atom is 0.255 e. The van der Waals surface area contributed by atoms with E-state index < -0.39 is 11.9 Å². The van der Waals surface area contributed by atoms with Gasteiger partial charge in [-0.15, -0.1) is 0 Å². The zero-order valence-corrected chi connectivity index (χ0v) is 13.1. The highest BCUT2D eigenvalue weighted by Gasteiger charge is 2.35. The third kappa shape index (κ3) is 3.18. The molecular formula is C17H22N2O3. The van der Waals surface area contributed by atoms with Crippen LogP contribution >= 0.6 is 0 Å². The van der Waals surface area contributed by atoms with Crippen LogP contribution in [0.2, 0.25) is 0 Å². The molecule has 22 heavy (non-hydrogen) atoms. The molecule has 1 heterocycles. The number of amides is 3. The minimum Gasteiger partial charge on any atom is -0.322 e. The van der Waals surface area contributed by atoms with E-state index in [1.54, 1.807) is 4.90 Å². The summed E-state index contributed by atoms with van der Waals surface area (Å²) in [4.78, 5) is 36.7. The number of fused-ring (bicyclic) bond motifs is 1. The fourth-order valence-electron chi connectivity index (χ4n) is 2.95. The first-order valence-electron chi connectivity index (χ1n) is 7.79. The zero-order chi connectivity index (χ0) is 16.1. The predicted molar refractivity (Wildman–Crippen MR) is 83.2 cm³/mol. The number of rotatable bonds is 7. The standard InChI is InChI=1S/C17H22N2O3/c1-3-5-12-7-8-14-13(9-12)10-19(17(14)22)15(6-4-2)16(21)18-11-20/h7-9,11,15H,3-6,10H2,1-2H3,(H,18,20,21). The van der Waals surface area contributed by atoms with Gasteiger partial charge in [0.1, 0.15) is 6.04 Å². The highest BCUT2D eigenvalue weighted by Crippen LogP contribution is 2.27. The molecule has 1 aromatic carbocycles. The molecular weight excluding hydrogens is 280 g/mol. The lowest BCUT2D eigenvalue weighted by molar-refractivity contribution is -0.129. The van der Waals surface area contributed by atoms with E-state index in [0.29, 0.717) is 24.9 Å². The van der Waals surface area contributed by atoms with Crippen LogP contribution in [0.25, 0.3) is 0 Å². The lowest BCUT2D eigenvalue weighted by atomic mass is 10.0. The molecule has 0 bridgehead atoms. The van der Waals surface area contributed by atoms with Gasteiger partial charge in [-0.05, 0) is 30.0 Å². The van der Waals surface area contributed by atoms with Gasteiger partial charge in [0.25, 0.3) is 5.91 Å². The van der Waals surface area contributed by atoms with E-state index in [2.05, 4.69) is 18.3 Å². The molecule has 5 nitrogen and oxygen atoms in total. The summed E-state index contributed by atoms with van der Waals surface area (Å²) in [5, 5.41) is 2.17. The largest absolute Gasteiger partial charge is 0.322 e. The van der Waals surface area contributed by atoms with E-state index in [0.717, 1.165) is 24.8 Å². The van der Waals surface area contributed by atoms with Gasteiger partial charge in [0.15, 0.2) is 0 Å². The Bertz CT molecular complexity index is 583. The SMILES string of the molecule is CCCc1ccc2c(c1)CN(C(CCC)C(=O)NC=O)C2=O. The molecule has 0 aliphatic carbocycles. The molecule has 0 radical (unpaired) electrons. The van der Waals surface area contributed by atoms with Crippen molar-refractivity contribution in [1.29, 1.82) is 0 Å². The molecule has 3 amide bonds. The summed E-state index contributed by atoms with van der Waals surface area (Å²) in [6, 6.07) is 5.29. The molecule has 0 saturated heterocycles. The Morgan fingerprint density at radius 1 is 1.36 bits per heavy atom. The van der Waals surface area contributed by atoms with Gasteiger partial charge in [-0.3, -0.25) is 19.7 Å². The maximum absolute atomic E-state index is 12.5. The lowest BCUT2D eigenvalue weighted by Gasteiger charge is -2.25. The summed E-state index contributed by atoms with van der Waals surface area (Å²) in [5.41, 5.74) is 2.84. The zero-order valence-electron chi connectivity index (χ0n) is 13.1. The number of benzene rings is 1. The number of nitrogens with zero attached hydrogens (tertiary/aromatic N) is 1. The molecule has 1 N–H and O–H groups in total.